The summed E-state index contributed by atoms with van der Waals surface area (Å²) in [6.45, 7) is 0. The maximum absolute atomic E-state index is 12.4. The Kier molecular flexibility index (Phi) is 4.22. The SMILES string of the molecule is O=C(NNC(=O)C1CC1)c1cc(-c2ccco2)n(-c2ccc(Cl)cc2)n1. The molecule has 0 saturated heterocycles. The van der Waals surface area contributed by atoms with E-state index in [1.165, 1.54) is 0 Å². The van der Waals surface area contributed by atoms with Gasteiger partial charge in [0.15, 0.2) is 11.5 Å². The second-order valence-corrected chi connectivity index (χ2v) is 6.43. The Balaban J connectivity index is 1.63. The Morgan fingerprint density at radius 2 is 1.92 bits per heavy atom. The number of nitrogens with zero attached hydrogens (tertiary/aromatic N) is 2. The molecule has 7 nitrogen and oxygen atoms in total. The summed E-state index contributed by atoms with van der Waals surface area (Å²) in [7, 11) is 0. The van der Waals surface area contributed by atoms with Crippen LogP contribution in [0, 0.1) is 5.92 Å². The van der Waals surface area contributed by atoms with Gasteiger partial charge >= 0.3 is 0 Å². The molecule has 0 aliphatic heterocycles. The normalized spacial score (nSPS) is 13.4. The first-order chi connectivity index (χ1) is 12.6. The number of nitrogens with one attached hydrogen (secondary N) is 2. The molecule has 0 radical (unpaired) electrons. The Morgan fingerprint density at radius 3 is 2.58 bits per heavy atom. The molecule has 26 heavy (non-hydrogen) atoms. The van der Waals surface area contributed by atoms with E-state index in [2.05, 4.69) is 16.0 Å². The zero-order valence-electron chi connectivity index (χ0n) is 13.6. The molecule has 3 aromatic rings. The smallest absolute Gasteiger partial charge is 0.290 e. The summed E-state index contributed by atoms with van der Waals surface area (Å²) in [5.41, 5.74) is 6.31. The fraction of sp³-hybridized carbons (Fsp3) is 0.167. The lowest BCUT2D eigenvalue weighted by atomic mass is 10.2. The molecule has 0 atom stereocenters. The van der Waals surface area contributed by atoms with Crippen LogP contribution < -0.4 is 10.9 Å². The molecule has 0 unspecified atom stereocenters. The highest BCUT2D eigenvalue weighted by molar-refractivity contribution is 6.30. The van der Waals surface area contributed by atoms with Crippen LogP contribution >= 0.6 is 11.6 Å². The van der Waals surface area contributed by atoms with Crippen LogP contribution in [0.2, 0.25) is 5.02 Å². The Bertz CT molecular complexity index is 943. The van der Waals surface area contributed by atoms with Crippen LogP contribution in [0.25, 0.3) is 17.1 Å². The third-order valence-corrected chi connectivity index (χ3v) is 4.29. The van der Waals surface area contributed by atoms with Gasteiger partial charge in [0, 0.05) is 17.0 Å². The van der Waals surface area contributed by atoms with E-state index in [-0.39, 0.29) is 17.5 Å². The number of hydrogen-bond donors (Lipinski definition) is 2. The molecule has 132 valence electrons. The van der Waals surface area contributed by atoms with E-state index in [1.54, 1.807) is 53.4 Å². The van der Waals surface area contributed by atoms with Crippen molar-refractivity contribution in [2.75, 3.05) is 0 Å². The van der Waals surface area contributed by atoms with Crippen molar-refractivity contribution >= 4 is 23.4 Å². The second-order valence-electron chi connectivity index (χ2n) is 6.00. The highest BCUT2D eigenvalue weighted by Crippen LogP contribution is 2.28. The lowest BCUT2D eigenvalue weighted by molar-refractivity contribution is -0.123. The molecule has 2 N–H and O–H groups in total. The van der Waals surface area contributed by atoms with Crippen molar-refractivity contribution in [2.24, 2.45) is 5.92 Å². The van der Waals surface area contributed by atoms with Gasteiger partial charge in [-0.25, -0.2) is 4.68 Å². The lowest BCUT2D eigenvalue weighted by Gasteiger charge is -2.06. The zero-order valence-corrected chi connectivity index (χ0v) is 14.4. The molecule has 0 bridgehead atoms. The highest BCUT2D eigenvalue weighted by atomic mass is 35.5. The summed E-state index contributed by atoms with van der Waals surface area (Å²) in [5, 5.41) is 4.95. The quantitative estimate of drug-likeness (QED) is 0.691. The number of hydrazine groups is 1. The van der Waals surface area contributed by atoms with E-state index in [0.717, 1.165) is 18.5 Å². The van der Waals surface area contributed by atoms with Crippen LogP contribution in [0.3, 0.4) is 0 Å². The summed E-state index contributed by atoms with van der Waals surface area (Å²) in [4.78, 5) is 24.0. The molecule has 4 rings (SSSR count). The van der Waals surface area contributed by atoms with E-state index >= 15 is 0 Å². The van der Waals surface area contributed by atoms with E-state index in [1.807, 2.05) is 0 Å². The van der Waals surface area contributed by atoms with Crippen LogP contribution in [0.1, 0.15) is 23.3 Å². The number of rotatable bonds is 4. The van der Waals surface area contributed by atoms with Crippen molar-refractivity contribution in [3.8, 4) is 17.1 Å². The fourth-order valence-electron chi connectivity index (χ4n) is 2.50. The van der Waals surface area contributed by atoms with E-state index in [0.29, 0.717) is 16.5 Å². The van der Waals surface area contributed by atoms with Crippen molar-refractivity contribution < 1.29 is 14.0 Å². The third-order valence-electron chi connectivity index (χ3n) is 4.03. The number of furan rings is 1. The number of carbonyl (C=O) groups is 2. The summed E-state index contributed by atoms with van der Waals surface area (Å²) in [6, 6.07) is 12.2. The first kappa shape index (κ1) is 16.4. The number of carbonyl (C=O) groups excluding carboxylic acids is 2. The van der Waals surface area contributed by atoms with Gasteiger partial charge in [-0.2, -0.15) is 5.10 Å². The van der Waals surface area contributed by atoms with Gasteiger partial charge in [-0.15, -0.1) is 0 Å². The zero-order chi connectivity index (χ0) is 18.1. The molecule has 2 aromatic heterocycles. The van der Waals surface area contributed by atoms with E-state index in [4.69, 9.17) is 16.0 Å². The fourth-order valence-corrected chi connectivity index (χ4v) is 2.63. The van der Waals surface area contributed by atoms with E-state index in [9.17, 15) is 9.59 Å². The first-order valence-corrected chi connectivity index (χ1v) is 8.50. The van der Waals surface area contributed by atoms with E-state index < -0.39 is 5.91 Å². The minimum atomic E-state index is -0.500. The van der Waals surface area contributed by atoms with Crippen molar-refractivity contribution in [2.45, 2.75) is 12.8 Å². The summed E-state index contributed by atoms with van der Waals surface area (Å²) >= 11 is 5.94. The van der Waals surface area contributed by atoms with Crippen LogP contribution in [-0.2, 0) is 4.79 Å². The molecule has 2 amide bonds. The monoisotopic (exact) mass is 370 g/mol. The predicted octanol–water partition coefficient (Wildman–Crippen LogP) is 2.96. The van der Waals surface area contributed by atoms with Crippen molar-refractivity contribution in [1.82, 2.24) is 20.6 Å². The minimum absolute atomic E-state index is 0.000560. The first-order valence-electron chi connectivity index (χ1n) is 8.12. The van der Waals surface area contributed by atoms with Crippen molar-refractivity contribution in [3.05, 3.63) is 59.4 Å². The Labute approximate surface area is 153 Å². The molecule has 1 saturated carbocycles. The summed E-state index contributed by atoms with van der Waals surface area (Å²) in [5.74, 6) is -0.115. The van der Waals surface area contributed by atoms with Gasteiger partial charge in [-0.1, -0.05) is 11.6 Å². The van der Waals surface area contributed by atoms with Crippen LogP contribution in [-0.4, -0.2) is 21.6 Å². The van der Waals surface area contributed by atoms with Gasteiger partial charge < -0.3 is 4.42 Å². The van der Waals surface area contributed by atoms with Gasteiger partial charge in [0.05, 0.1) is 12.0 Å². The average Bonchev–Trinajstić information content (AvgIpc) is 3.18. The Hall–Kier alpha value is -3.06. The predicted molar refractivity (Wildman–Crippen MR) is 94.6 cm³/mol. The van der Waals surface area contributed by atoms with Gasteiger partial charge in [-0.3, -0.25) is 20.4 Å². The standard InChI is InChI=1S/C18H15ClN4O3/c19-12-5-7-13(8-6-12)23-15(16-2-1-9-26-16)10-14(22-23)18(25)21-20-17(24)11-3-4-11/h1-2,5-11H,3-4H2,(H,20,24)(H,21,25). The van der Waals surface area contributed by atoms with Gasteiger partial charge in [0.25, 0.3) is 5.91 Å². The van der Waals surface area contributed by atoms with Crippen molar-refractivity contribution in [3.63, 3.8) is 0 Å². The van der Waals surface area contributed by atoms with Gasteiger partial charge in [-0.05, 0) is 49.2 Å². The van der Waals surface area contributed by atoms with Crippen LogP contribution in [0.5, 0.6) is 0 Å². The maximum atomic E-state index is 12.4. The van der Waals surface area contributed by atoms with Gasteiger partial charge in [0.2, 0.25) is 5.91 Å². The molecule has 1 aliphatic carbocycles. The number of halogens is 1. The molecule has 1 fully saturated rings. The highest BCUT2D eigenvalue weighted by Gasteiger charge is 2.30. The minimum Gasteiger partial charge on any atom is -0.463 e. The largest absolute Gasteiger partial charge is 0.463 e. The molecule has 2 heterocycles. The summed E-state index contributed by atoms with van der Waals surface area (Å²) < 4.78 is 7.04. The lowest BCUT2D eigenvalue weighted by Crippen LogP contribution is -2.42. The molecule has 0 spiro atoms. The topological polar surface area (TPSA) is 89.2 Å². The molecule has 1 aliphatic rings. The number of benzene rings is 1. The molecular weight excluding hydrogens is 356 g/mol. The van der Waals surface area contributed by atoms with Gasteiger partial charge in [0.1, 0.15) is 5.69 Å². The molecule has 8 heteroatoms. The third kappa shape index (κ3) is 3.34. The van der Waals surface area contributed by atoms with Crippen LogP contribution in [0.4, 0.5) is 0 Å². The van der Waals surface area contributed by atoms with Crippen LogP contribution in [0.15, 0.2) is 53.1 Å². The number of aromatic nitrogens is 2. The number of amides is 2. The molecular formula is C18H15ClN4O3. The summed E-state index contributed by atoms with van der Waals surface area (Å²) in [6.07, 6.45) is 3.26. The Morgan fingerprint density at radius 1 is 1.15 bits per heavy atom. The number of hydrogen-bond acceptors (Lipinski definition) is 4. The second kappa shape index (κ2) is 6.68. The van der Waals surface area contributed by atoms with Crippen molar-refractivity contribution in [1.29, 1.82) is 0 Å². The average molecular weight is 371 g/mol. The molecule has 1 aromatic carbocycles. The maximum Gasteiger partial charge on any atom is 0.290 e.